The fraction of sp³-hybridized carbons (Fsp3) is 0.167. The highest BCUT2D eigenvalue weighted by Gasteiger charge is 2.09. The third kappa shape index (κ3) is 3.54. The zero-order chi connectivity index (χ0) is 19.5. The van der Waals surface area contributed by atoms with Crippen molar-refractivity contribution in [2.45, 2.75) is 27.2 Å². The predicted octanol–water partition coefficient (Wildman–Crippen LogP) is 5.65. The Labute approximate surface area is 165 Å². The zero-order valence-corrected chi connectivity index (χ0v) is 16.5. The maximum atomic E-state index is 4.59. The molecule has 4 heteroatoms. The molecule has 0 aliphatic heterocycles. The molecule has 4 nitrogen and oxygen atoms in total. The van der Waals surface area contributed by atoms with E-state index in [1.807, 2.05) is 36.5 Å². The zero-order valence-electron chi connectivity index (χ0n) is 16.5. The van der Waals surface area contributed by atoms with E-state index >= 15 is 0 Å². The maximum Gasteiger partial charge on any atom is 0.146 e. The highest BCUT2D eigenvalue weighted by atomic mass is 15.3. The van der Waals surface area contributed by atoms with Crippen LogP contribution in [0.1, 0.15) is 29.4 Å². The minimum atomic E-state index is 0.735. The van der Waals surface area contributed by atoms with Crippen LogP contribution in [0.5, 0.6) is 0 Å². The monoisotopic (exact) mass is 368 g/mol. The van der Waals surface area contributed by atoms with E-state index in [2.05, 4.69) is 77.2 Å². The summed E-state index contributed by atoms with van der Waals surface area (Å²) in [6.07, 6.45) is 2.91. The summed E-state index contributed by atoms with van der Waals surface area (Å²) in [5, 5.41) is 5.52. The molecule has 0 fully saturated rings. The summed E-state index contributed by atoms with van der Waals surface area (Å²) in [6.45, 7) is 6.42. The van der Waals surface area contributed by atoms with Gasteiger partial charge >= 0.3 is 0 Å². The van der Waals surface area contributed by atoms with Gasteiger partial charge in [-0.1, -0.05) is 37.3 Å². The molecule has 0 aliphatic rings. The Hall–Kier alpha value is -3.40. The second-order valence-corrected chi connectivity index (χ2v) is 6.94. The van der Waals surface area contributed by atoms with Crippen molar-refractivity contribution in [1.82, 2.24) is 9.55 Å². The second-order valence-electron chi connectivity index (χ2n) is 6.94. The van der Waals surface area contributed by atoms with Crippen molar-refractivity contribution in [3.8, 4) is 5.69 Å². The molecule has 4 aromatic rings. The largest absolute Gasteiger partial charge is 0.318 e. The van der Waals surface area contributed by atoms with Gasteiger partial charge in [-0.3, -0.25) is 5.43 Å². The number of hydrazone groups is 1. The van der Waals surface area contributed by atoms with Crippen molar-refractivity contribution < 1.29 is 0 Å². The van der Waals surface area contributed by atoms with Crippen LogP contribution < -0.4 is 5.43 Å². The summed E-state index contributed by atoms with van der Waals surface area (Å²) in [7, 11) is 0. The van der Waals surface area contributed by atoms with Gasteiger partial charge in [0.25, 0.3) is 0 Å². The van der Waals surface area contributed by atoms with Crippen molar-refractivity contribution >= 4 is 22.9 Å². The first-order valence-electron chi connectivity index (χ1n) is 9.59. The average Bonchev–Trinajstić information content (AvgIpc) is 3.01. The minimum absolute atomic E-state index is 0.735. The lowest BCUT2D eigenvalue weighted by Gasteiger charge is -2.10. The van der Waals surface area contributed by atoms with Crippen molar-refractivity contribution in [3.63, 3.8) is 0 Å². The van der Waals surface area contributed by atoms with Gasteiger partial charge in [-0.15, -0.1) is 0 Å². The van der Waals surface area contributed by atoms with Gasteiger partial charge in [0.15, 0.2) is 0 Å². The third-order valence-electron chi connectivity index (χ3n) is 5.05. The van der Waals surface area contributed by atoms with Crippen molar-refractivity contribution in [2.24, 2.45) is 5.10 Å². The number of rotatable bonds is 5. The van der Waals surface area contributed by atoms with Crippen LogP contribution in [0, 0.1) is 13.8 Å². The van der Waals surface area contributed by atoms with Crippen LogP contribution in [0.2, 0.25) is 0 Å². The molecular formula is C24H24N4. The number of benzene rings is 2. The Morgan fingerprint density at radius 3 is 2.57 bits per heavy atom. The van der Waals surface area contributed by atoms with Crippen LogP contribution >= 0.6 is 0 Å². The van der Waals surface area contributed by atoms with Gasteiger partial charge < -0.3 is 4.57 Å². The van der Waals surface area contributed by atoms with Crippen LogP contribution in [0.3, 0.4) is 0 Å². The topological polar surface area (TPSA) is 42.2 Å². The van der Waals surface area contributed by atoms with Gasteiger partial charge in [-0.2, -0.15) is 5.10 Å². The summed E-state index contributed by atoms with van der Waals surface area (Å²) in [5.74, 6) is 0.735. The third-order valence-corrected chi connectivity index (χ3v) is 5.05. The number of hydrogen-bond donors (Lipinski definition) is 1. The molecule has 0 unspecified atom stereocenters. The van der Waals surface area contributed by atoms with Crippen LogP contribution in [0.15, 0.2) is 71.8 Å². The quantitative estimate of drug-likeness (QED) is 0.365. The number of pyridine rings is 1. The molecular weight excluding hydrogens is 344 g/mol. The minimum Gasteiger partial charge on any atom is -0.318 e. The lowest BCUT2D eigenvalue weighted by molar-refractivity contribution is 0.962. The number of hydrogen-bond acceptors (Lipinski definition) is 3. The first-order chi connectivity index (χ1) is 13.7. The molecule has 0 amide bonds. The van der Waals surface area contributed by atoms with E-state index in [1.165, 1.54) is 22.6 Å². The number of nitrogens with zero attached hydrogens (tertiary/aromatic N) is 3. The van der Waals surface area contributed by atoms with Crippen molar-refractivity contribution in [3.05, 3.63) is 89.2 Å². The summed E-state index contributed by atoms with van der Waals surface area (Å²) in [5.41, 5.74) is 9.97. The molecule has 2 aromatic carbocycles. The summed E-state index contributed by atoms with van der Waals surface area (Å²) in [6, 6.07) is 22.9. The summed E-state index contributed by atoms with van der Waals surface area (Å²) in [4.78, 5) is 4.59. The standard InChI is InChI=1S/C24H24N4/c1-4-19-9-12-22(13-10-19)28-17(2)15-21(18(28)3)16-25-27-24-14-11-20-7-5-6-8-23(20)26-24/h5-16H,4H2,1-3H3,(H,26,27)/b25-16-. The first kappa shape index (κ1) is 18.0. The molecule has 2 aromatic heterocycles. The Balaban J connectivity index is 1.55. The SMILES string of the molecule is CCc1ccc(-n2c(C)cc(/C=N\Nc3ccc4ccccc4n3)c2C)cc1. The van der Waals surface area contributed by atoms with Crippen molar-refractivity contribution in [1.29, 1.82) is 0 Å². The van der Waals surface area contributed by atoms with E-state index in [0.29, 0.717) is 0 Å². The van der Waals surface area contributed by atoms with Gasteiger partial charge in [0.2, 0.25) is 0 Å². The van der Waals surface area contributed by atoms with E-state index in [4.69, 9.17) is 0 Å². The lowest BCUT2D eigenvalue weighted by Crippen LogP contribution is -2.00. The number of aromatic nitrogens is 2. The molecule has 0 aliphatic carbocycles. The molecule has 0 saturated carbocycles. The number of aryl methyl sites for hydroxylation is 2. The van der Waals surface area contributed by atoms with E-state index in [0.717, 1.165) is 28.7 Å². The molecule has 4 rings (SSSR count). The molecule has 0 spiro atoms. The number of nitrogens with one attached hydrogen (secondary N) is 1. The lowest BCUT2D eigenvalue weighted by atomic mass is 10.1. The van der Waals surface area contributed by atoms with E-state index < -0.39 is 0 Å². The van der Waals surface area contributed by atoms with Crippen molar-refractivity contribution in [2.75, 3.05) is 5.43 Å². The molecule has 0 radical (unpaired) electrons. The first-order valence-corrected chi connectivity index (χ1v) is 9.59. The molecule has 0 saturated heterocycles. The van der Waals surface area contributed by atoms with Crippen LogP contribution in [-0.4, -0.2) is 15.8 Å². The Morgan fingerprint density at radius 1 is 1.00 bits per heavy atom. The van der Waals surface area contributed by atoms with Crippen LogP contribution in [0.4, 0.5) is 5.82 Å². The van der Waals surface area contributed by atoms with Gasteiger partial charge in [-0.25, -0.2) is 4.98 Å². The molecule has 1 N–H and O–H groups in total. The Kier molecular flexibility index (Phi) is 4.94. The van der Waals surface area contributed by atoms with E-state index in [1.54, 1.807) is 0 Å². The molecule has 0 atom stereocenters. The number of para-hydroxylation sites is 1. The smallest absolute Gasteiger partial charge is 0.146 e. The fourth-order valence-corrected chi connectivity index (χ4v) is 3.49. The van der Waals surface area contributed by atoms with Gasteiger partial charge in [0.1, 0.15) is 5.82 Å². The van der Waals surface area contributed by atoms with Crippen LogP contribution in [0.25, 0.3) is 16.6 Å². The van der Waals surface area contributed by atoms with E-state index in [-0.39, 0.29) is 0 Å². The van der Waals surface area contributed by atoms with Gasteiger partial charge in [0, 0.05) is 28.0 Å². The highest BCUT2D eigenvalue weighted by Crippen LogP contribution is 2.20. The van der Waals surface area contributed by atoms with Crippen LogP contribution in [-0.2, 0) is 6.42 Å². The van der Waals surface area contributed by atoms with E-state index in [9.17, 15) is 0 Å². The molecule has 28 heavy (non-hydrogen) atoms. The molecule has 140 valence electrons. The highest BCUT2D eigenvalue weighted by molar-refractivity contribution is 5.83. The fourth-order valence-electron chi connectivity index (χ4n) is 3.49. The Bertz CT molecular complexity index is 1140. The summed E-state index contributed by atoms with van der Waals surface area (Å²) >= 11 is 0. The Morgan fingerprint density at radius 2 is 1.79 bits per heavy atom. The average molecular weight is 368 g/mol. The normalized spacial score (nSPS) is 11.4. The second kappa shape index (κ2) is 7.69. The summed E-state index contributed by atoms with van der Waals surface area (Å²) < 4.78 is 2.26. The molecule has 0 bridgehead atoms. The number of anilines is 1. The van der Waals surface area contributed by atoms with Gasteiger partial charge in [-0.05, 0) is 62.2 Å². The number of fused-ring (bicyclic) bond motifs is 1. The molecule has 2 heterocycles. The maximum absolute atomic E-state index is 4.59. The van der Waals surface area contributed by atoms with Gasteiger partial charge in [0.05, 0.1) is 11.7 Å². The predicted molar refractivity (Wildman–Crippen MR) is 118 cm³/mol.